The molecule has 2 rings (SSSR count). The van der Waals surface area contributed by atoms with Gasteiger partial charge in [0.15, 0.2) is 5.78 Å². The molecule has 0 aliphatic rings. The van der Waals surface area contributed by atoms with Gasteiger partial charge in [0.1, 0.15) is 0 Å². The first-order valence-corrected chi connectivity index (χ1v) is 6.02. The number of carbonyl (C=O) groups excluding carboxylic acids is 1. The molecule has 0 aromatic heterocycles. The van der Waals surface area contributed by atoms with Crippen molar-refractivity contribution in [1.29, 1.82) is 0 Å². The third-order valence-electron chi connectivity index (χ3n) is 3.31. The molecule has 2 N–H and O–H groups in total. The van der Waals surface area contributed by atoms with Crippen LogP contribution >= 0.6 is 0 Å². The summed E-state index contributed by atoms with van der Waals surface area (Å²) in [6, 6.07) is 14.6. The van der Waals surface area contributed by atoms with Crippen molar-refractivity contribution >= 4 is 5.78 Å². The molecule has 0 fully saturated rings. The van der Waals surface area contributed by atoms with E-state index in [9.17, 15) is 4.79 Å². The molecule has 0 radical (unpaired) electrons. The summed E-state index contributed by atoms with van der Waals surface area (Å²) in [5, 5.41) is 0. The summed E-state index contributed by atoms with van der Waals surface area (Å²) in [7, 11) is 0. The van der Waals surface area contributed by atoms with Crippen LogP contribution in [0.2, 0.25) is 0 Å². The summed E-state index contributed by atoms with van der Waals surface area (Å²) < 4.78 is 0. The Kier molecular flexibility index (Phi) is 3.58. The van der Waals surface area contributed by atoms with Gasteiger partial charge in [0.05, 0.1) is 6.04 Å². The Morgan fingerprint density at radius 3 is 2.33 bits per heavy atom. The summed E-state index contributed by atoms with van der Waals surface area (Å²) in [5.74, 6) is -0.0256. The minimum absolute atomic E-state index is 0.0256. The number of benzene rings is 2. The highest BCUT2D eigenvalue weighted by Gasteiger charge is 2.19. The number of nitrogens with two attached hydrogens (primary N) is 1. The van der Waals surface area contributed by atoms with Gasteiger partial charge in [-0.05, 0) is 30.5 Å². The molecule has 2 aromatic carbocycles. The molecule has 0 spiro atoms. The highest BCUT2D eigenvalue weighted by molar-refractivity contribution is 6.01. The molecule has 18 heavy (non-hydrogen) atoms. The van der Waals surface area contributed by atoms with E-state index in [1.165, 1.54) is 0 Å². The Morgan fingerprint density at radius 2 is 1.67 bits per heavy atom. The van der Waals surface area contributed by atoms with Crippen molar-refractivity contribution in [3.05, 3.63) is 70.8 Å². The zero-order valence-corrected chi connectivity index (χ0v) is 10.7. The molecule has 0 saturated carbocycles. The number of aryl methyl sites for hydroxylation is 1. The van der Waals surface area contributed by atoms with Gasteiger partial charge < -0.3 is 5.73 Å². The normalized spacial score (nSPS) is 12.2. The molecular weight excluding hydrogens is 222 g/mol. The van der Waals surface area contributed by atoms with Crippen LogP contribution in [0.25, 0.3) is 0 Å². The third-order valence-corrected chi connectivity index (χ3v) is 3.31. The fourth-order valence-electron chi connectivity index (χ4n) is 2.00. The van der Waals surface area contributed by atoms with Crippen LogP contribution in [0.15, 0.2) is 48.5 Å². The predicted octanol–water partition coefficient (Wildman–Crippen LogP) is 3.19. The molecule has 0 saturated heterocycles. The lowest BCUT2D eigenvalue weighted by Crippen LogP contribution is -2.22. The van der Waals surface area contributed by atoms with Crippen LogP contribution in [-0.4, -0.2) is 5.78 Å². The predicted molar refractivity (Wildman–Crippen MR) is 73.6 cm³/mol. The van der Waals surface area contributed by atoms with Gasteiger partial charge in [-0.25, -0.2) is 0 Å². The third kappa shape index (κ3) is 2.34. The van der Waals surface area contributed by atoms with Crippen molar-refractivity contribution in [3.63, 3.8) is 0 Å². The molecule has 1 atom stereocenters. The Morgan fingerprint density at radius 1 is 1.00 bits per heavy atom. The van der Waals surface area contributed by atoms with E-state index in [1.54, 1.807) is 0 Å². The van der Waals surface area contributed by atoms with E-state index in [-0.39, 0.29) is 5.78 Å². The lowest BCUT2D eigenvalue weighted by Gasteiger charge is -2.13. The molecule has 2 heteroatoms. The minimum Gasteiger partial charge on any atom is -0.318 e. The second-order valence-corrected chi connectivity index (χ2v) is 4.50. The van der Waals surface area contributed by atoms with Crippen molar-refractivity contribution in [2.75, 3.05) is 0 Å². The highest BCUT2D eigenvalue weighted by atomic mass is 16.1. The SMILES string of the molecule is Cc1cccc(C(=O)C(N)c2ccccc2)c1C. The van der Waals surface area contributed by atoms with Crippen LogP contribution in [-0.2, 0) is 0 Å². The van der Waals surface area contributed by atoms with Crippen LogP contribution in [0.5, 0.6) is 0 Å². The smallest absolute Gasteiger partial charge is 0.184 e. The molecule has 1 unspecified atom stereocenters. The molecule has 0 aliphatic heterocycles. The van der Waals surface area contributed by atoms with Crippen LogP contribution in [0.4, 0.5) is 0 Å². The van der Waals surface area contributed by atoms with Crippen molar-refractivity contribution in [1.82, 2.24) is 0 Å². The van der Waals surface area contributed by atoms with Gasteiger partial charge >= 0.3 is 0 Å². The standard InChI is InChI=1S/C16H17NO/c1-11-7-6-10-14(12(11)2)16(18)15(17)13-8-4-3-5-9-13/h3-10,15H,17H2,1-2H3. The largest absolute Gasteiger partial charge is 0.318 e. The van der Waals surface area contributed by atoms with Gasteiger partial charge in [0, 0.05) is 5.56 Å². The molecule has 0 amide bonds. The van der Waals surface area contributed by atoms with E-state index < -0.39 is 6.04 Å². The number of ketones is 1. The first kappa shape index (κ1) is 12.5. The number of carbonyl (C=O) groups is 1. The first-order chi connectivity index (χ1) is 8.61. The van der Waals surface area contributed by atoms with Crippen LogP contribution in [0.3, 0.4) is 0 Å². The maximum Gasteiger partial charge on any atom is 0.184 e. The fraction of sp³-hybridized carbons (Fsp3) is 0.188. The number of Topliss-reactive ketones (excluding diaryl/α,β-unsaturated/α-hetero) is 1. The number of hydrogen-bond donors (Lipinski definition) is 1. The maximum atomic E-state index is 12.4. The highest BCUT2D eigenvalue weighted by Crippen LogP contribution is 2.20. The molecular formula is C16H17NO. The lowest BCUT2D eigenvalue weighted by atomic mass is 9.93. The van der Waals surface area contributed by atoms with E-state index in [2.05, 4.69) is 0 Å². The van der Waals surface area contributed by atoms with Crippen LogP contribution < -0.4 is 5.73 Å². The summed E-state index contributed by atoms with van der Waals surface area (Å²) in [4.78, 5) is 12.4. The fourth-order valence-corrected chi connectivity index (χ4v) is 2.00. The van der Waals surface area contributed by atoms with Crippen LogP contribution in [0, 0.1) is 13.8 Å². The summed E-state index contributed by atoms with van der Waals surface area (Å²) in [6.07, 6.45) is 0. The average molecular weight is 239 g/mol. The molecule has 2 aromatic rings. The summed E-state index contributed by atoms with van der Waals surface area (Å²) in [5.41, 5.74) is 9.72. The maximum absolute atomic E-state index is 12.4. The Balaban J connectivity index is 2.35. The van der Waals surface area contributed by atoms with E-state index >= 15 is 0 Å². The van der Waals surface area contributed by atoms with Gasteiger partial charge in [-0.15, -0.1) is 0 Å². The topological polar surface area (TPSA) is 43.1 Å². The van der Waals surface area contributed by atoms with E-state index in [1.807, 2.05) is 62.4 Å². The average Bonchev–Trinajstić information content (AvgIpc) is 2.41. The van der Waals surface area contributed by atoms with Gasteiger partial charge in [-0.2, -0.15) is 0 Å². The number of rotatable bonds is 3. The summed E-state index contributed by atoms with van der Waals surface area (Å²) in [6.45, 7) is 3.96. The molecule has 0 heterocycles. The monoisotopic (exact) mass is 239 g/mol. The van der Waals surface area contributed by atoms with Crippen molar-refractivity contribution in [2.24, 2.45) is 5.73 Å². The molecule has 92 valence electrons. The van der Waals surface area contributed by atoms with Crippen LogP contribution in [0.1, 0.15) is 33.1 Å². The summed E-state index contributed by atoms with van der Waals surface area (Å²) >= 11 is 0. The first-order valence-electron chi connectivity index (χ1n) is 6.02. The number of hydrogen-bond acceptors (Lipinski definition) is 2. The molecule has 0 bridgehead atoms. The van der Waals surface area contributed by atoms with Gasteiger partial charge in [0.25, 0.3) is 0 Å². The van der Waals surface area contributed by atoms with Crippen molar-refractivity contribution in [2.45, 2.75) is 19.9 Å². The Labute approximate surface area is 107 Å². The Bertz CT molecular complexity index is 561. The minimum atomic E-state index is -0.591. The zero-order valence-electron chi connectivity index (χ0n) is 10.7. The van der Waals surface area contributed by atoms with Gasteiger partial charge in [-0.1, -0.05) is 48.5 Å². The molecule has 2 nitrogen and oxygen atoms in total. The van der Waals surface area contributed by atoms with Crippen molar-refractivity contribution in [3.8, 4) is 0 Å². The van der Waals surface area contributed by atoms with Gasteiger partial charge in [-0.3, -0.25) is 4.79 Å². The quantitative estimate of drug-likeness (QED) is 0.836. The lowest BCUT2D eigenvalue weighted by molar-refractivity contribution is 0.0960. The van der Waals surface area contributed by atoms with E-state index in [4.69, 9.17) is 5.73 Å². The molecule has 0 aliphatic carbocycles. The van der Waals surface area contributed by atoms with E-state index in [0.29, 0.717) is 5.56 Å². The van der Waals surface area contributed by atoms with Crippen molar-refractivity contribution < 1.29 is 4.79 Å². The second-order valence-electron chi connectivity index (χ2n) is 4.50. The second kappa shape index (κ2) is 5.15. The van der Waals surface area contributed by atoms with E-state index in [0.717, 1.165) is 16.7 Å². The Hall–Kier alpha value is -1.93. The van der Waals surface area contributed by atoms with Gasteiger partial charge in [0.2, 0.25) is 0 Å². The zero-order chi connectivity index (χ0) is 13.1.